The van der Waals surface area contributed by atoms with E-state index >= 15 is 0 Å². The van der Waals surface area contributed by atoms with E-state index in [-0.39, 0.29) is 6.67 Å². The van der Waals surface area contributed by atoms with Gasteiger partial charge in [-0.25, -0.2) is 4.39 Å². The van der Waals surface area contributed by atoms with Gasteiger partial charge in [0.2, 0.25) is 0 Å². The summed E-state index contributed by atoms with van der Waals surface area (Å²) in [6.07, 6.45) is 8.78. The number of alkyl halides is 1. The maximum Gasteiger partial charge on any atom is 0.115 e. The first kappa shape index (κ1) is 9.20. The monoisotopic (exact) mass is 188 g/mol. The predicted octanol–water partition coefficient (Wildman–Crippen LogP) is 3.89. The molecule has 0 amide bonds. The number of allylic oxidation sites excluding steroid dienone is 4. The smallest absolute Gasteiger partial charge is 0.115 e. The maximum absolute atomic E-state index is 12.3. The molecule has 14 heavy (non-hydrogen) atoms. The second-order valence-electron chi connectivity index (χ2n) is 3.47. The van der Waals surface area contributed by atoms with E-state index in [4.69, 9.17) is 0 Å². The molecule has 0 bridgehead atoms. The summed E-state index contributed by atoms with van der Waals surface area (Å²) in [6.45, 7) is -0.380. The number of halogens is 1. The lowest BCUT2D eigenvalue weighted by Gasteiger charge is -2.07. The van der Waals surface area contributed by atoms with Crippen LogP contribution in [-0.2, 0) is 6.67 Å². The van der Waals surface area contributed by atoms with Crippen LogP contribution < -0.4 is 0 Å². The Morgan fingerprint density at radius 2 is 1.86 bits per heavy atom. The van der Waals surface area contributed by atoms with Crippen molar-refractivity contribution in [2.75, 3.05) is 0 Å². The first-order valence-electron chi connectivity index (χ1n) is 4.92. The number of hydrogen-bond donors (Lipinski definition) is 0. The molecule has 0 heterocycles. The van der Waals surface area contributed by atoms with Crippen LogP contribution in [0.1, 0.15) is 24.0 Å². The van der Waals surface area contributed by atoms with Crippen LogP contribution in [0.3, 0.4) is 0 Å². The van der Waals surface area contributed by atoms with Crippen molar-refractivity contribution in [1.82, 2.24) is 0 Å². The quantitative estimate of drug-likeness (QED) is 0.660. The van der Waals surface area contributed by atoms with Crippen molar-refractivity contribution >= 4 is 5.57 Å². The topological polar surface area (TPSA) is 0 Å². The van der Waals surface area contributed by atoms with Crippen molar-refractivity contribution in [3.05, 3.63) is 53.6 Å². The van der Waals surface area contributed by atoms with Gasteiger partial charge in [0.1, 0.15) is 6.67 Å². The van der Waals surface area contributed by atoms with E-state index < -0.39 is 0 Å². The van der Waals surface area contributed by atoms with Gasteiger partial charge in [-0.05, 0) is 29.5 Å². The SMILES string of the molecule is FCc1ccc(C2=CCCC=C2)cc1. The second kappa shape index (κ2) is 4.23. The average Bonchev–Trinajstić information content (AvgIpc) is 2.30. The van der Waals surface area contributed by atoms with E-state index in [9.17, 15) is 4.39 Å². The van der Waals surface area contributed by atoms with Gasteiger partial charge in [0.05, 0.1) is 0 Å². The van der Waals surface area contributed by atoms with Gasteiger partial charge >= 0.3 is 0 Å². The Labute approximate surface area is 83.8 Å². The third-order valence-corrected chi connectivity index (χ3v) is 2.44. The zero-order valence-electron chi connectivity index (χ0n) is 8.04. The van der Waals surface area contributed by atoms with E-state index in [1.807, 2.05) is 24.3 Å². The summed E-state index contributed by atoms with van der Waals surface area (Å²) in [5, 5.41) is 0. The number of benzene rings is 1. The predicted molar refractivity (Wildman–Crippen MR) is 57.6 cm³/mol. The molecule has 1 aliphatic carbocycles. The van der Waals surface area contributed by atoms with Gasteiger partial charge in [0.25, 0.3) is 0 Å². The third kappa shape index (κ3) is 1.92. The van der Waals surface area contributed by atoms with E-state index in [1.165, 1.54) is 11.1 Å². The largest absolute Gasteiger partial charge is 0.246 e. The lowest BCUT2D eigenvalue weighted by Crippen LogP contribution is -1.86. The molecule has 0 unspecified atom stereocenters. The fourth-order valence-corrected chi connectivity index (χ4v) is 1.61. The van der Waals surface area contributed by atoms with E-state index in [2.05, 4.69) is 18.2 Å². The molecule has 0 saturated heterocycles. The van der Waals surface area contributed by atoms with Gasteiger partial charge < -0.3 is 0 Å². The minimum Gasteiger partial charge on any atom is -0.246 e. The molecular weight excluding hydrogens is 175 g/mol. The zero-order valence-corrected chi connectivity index (χ0v) is 8.04. The molecule has 1 aliphatic rings. The van der Waals surface area contributed by atoms with Crippen LogP contribution in [0.5, 0.6) is 0 Å². The number of hydrogen-bond acceptors (Lipinski definition) is 0. The molecule has 0 saturated carbocycles. The summed E-state index contributed by atoms with van der Waals surface area (Å²) in [4.78, 5) is 0. The highest BCUT2D eigenvalue weighted by Gasteiger charge is 2.00. The summed E-state index contributed by atoms with van der Waals surface area (Å²) in [5.41, 5.74) is 3.17. The van der Waals surface area contributed by atoms with Gasteiger partial charge in [-0.3, -0.25) is 0 Å². The van der Waals surface area contributed by atoms with Crippen LogP contribution >= 0.6 is 0 Å². The second-order valence-corrected chi connectivity index (χ2v) is 3.47. The summed E-state index contributed by atoms with van der Waals surface area (Å²) in [6, 6.07) is 7.66. The Balaban J connectivity index is 2.24. The molecule has 1 aromatic carbocycles. The summed E-state index contributed by atoms with van der Waals surface area (Å²) in [5.74, 6) is 0. The minimum absolute atomic E-state index is 0.380. The van der Waals surface area contributed by atoms with Gasteiger partial charge in [-0.15, -0.1) is 0 Å². The van der Waals surface area contributed by atoms with Crippen LogP contribution in [0.25, 0.3) is 5.57 Å². The van der Waals surface area contributed by atoms with Crippen molar-refractivity contribution in [3.8, 4) is 0 Å². The Bertz CT molecular complexity index is 357. The molecule has 0 fully saturated rings. The average molecular weight is 188 g/mol. The van der Waals surface area contributed by atoms with E-state index in [1.54, 1.807) is 0 Å². The van der Waals surface area contributed by atoms with Crippen LogP contribution in [0, 0.1) is 0 Å². The summed E-state index contributed by atoms with van der Waals surface area (Å²) < 4.78 is 12.3. The lowest BCUT2D eigenvalue weighted by molar-refractivity contribution is 0.485. The van der Waals surface area contributed by atoms with Gasteiger partial charge in [0, 0.05) is 0 Å². The van der Waals surface area contributed by atoms with Crippen LogP contribution in [0.4, 0.5) is 4.39 Å². The molecule has 0 aromatic heterocycles. The van der Waals surface area contributed by atoms with Crippen molar-refractivity contribution in [2.24, 2.45) is 0 Å². The Morgan fingerprint density at radius 3 is 2.43 bits per heavy atom. The molecule has 1 aromatic rings. The van der Waals surface area contributed by atoms with Crippen molar-refractivity contribution in [3.63, 3.8) is 0 Å². The van der Waals surface area contributed by atoms with Gasteiger partial charge in [-0.2, -0.15) is 0 Å². The Morgan fingerprint density at radius 1 is 1.07 bits per heavy atom. The van der Waals surface area contributed by atoms with Crippen LogP contribution in [0.2, 0.25) is 0 Å². The van der Waals surface area contributed by atoms with E-state index in [0.29, 0.717) is 0 Å². The zero-order chi connectivity index (χ0) is 9.80. The fraction of sp³-hybridized carbons (Fsp3) is 0.231. The first-order valence-corrected chi connectivity index (χ1v) is 4.92. The molecular formula is C13H13F. The van der Waals surface area contributed by atoms with Gasteiger partial charge in [-0.1, -0.05) is 42.5 Å². The molecule has 1 heteroatoms. The van der Waals surface area contributed by atoms with Crippen LogP contribution in [0.15, 0.2) is 42.5 Å². The Kier molecular flexibility index (Phi) is 2.78. The van der Waals surface area contributed by atoms with Crippen molar-refractivity contribution in [2.45, 2.75) is 19.5 Å². The van der Waals surface area contributed by atoms with Crippen molar-refractivity contribution in [1.29, 1.82) is 0 Å². The van der Waals surface area contributed by atoms with E-state index in [0.717, 1.165) is 18.4 Å². The molecule has 2 rings (SSSR count). The normalized spacial score (nSPS) is 15.4. The summed E-state index contributed by atoms with van der Waals surface area (Å²) >= 11 is 0. The maximum atomic E-state index is 12.3. The third-order valence-electron chi connectivity index (χ3n) is 2.44. The highest BCUT2D eigenvalue weighted by molar-refractivity contribution is 5.74. The number of rotatable bonds is 2. The molecule has 0 nitrogen and oxygen atoms in total. The highest BCUT2D eigenvalue weighted by atomic mass is 19.1. The van der Waals surface area contributed by atoms with Crippen LogP contribution in [-0.4, -0.2) is 0 Å². The molecule has 0 N–H and O–H groups in total. The molecule has 0 radical (unpaired) electrons. The Hall–Kier alpha value is -1.37. The standard InChI is InChI=1S/C13H13F/c14-10-11-6-8-13(9-7-11)12-4-2-1-3-5-12/h2,4-9H,1,3,10H2. The lowest BCUT2D eigenvalue weighted by atomic mass is 9.99. The van der Waals surface area contributed by atoms with Gasteiger partial charge in [0.15, 0.2) is 0 Å². The fourth-order valence-electron chi connectivity index (χ4n) is 1.61. The van der Waals surface area contributed by atoms with Crippen molar-refractivity contribution < 1.29 is 4.39 Å². The summed E-state index contributed by atoms with van der Waals surface area (Å²) in [7, 11) is 0. The first-order chi connectivity index (χ1) is 6.90. The molecule has 0 aliphatic heterocycles. The molecule has 0 atom stereocenters. The molecule has 72 valence electrons. The molecule has 0 spiro atoms. The minimum atomic E-state index is -0.380. The highest BCUT2D eigenvalue weighted by Crippen LogP contribution is 2.21.